The van der Waals surface area contributed by atoms with Crippen LogP contribution in [0.4, 0.5) is 8.78 Å². The summed E-state index contributed by atoms with van der Waals surface area (Å²) in [7, 11) is 0. The SMILES string of the molecule is Fc1ccc(COc2cc(Br)ccc2F)cc1. The first-order valence-electron chi connectivity index (χ1n) is 4.97. The first-order chi connectivity index (χ1) is 8.15. The second-order valence-electron chi connectivity index (χ2n) is 3.49. The molecule has 0 heterocycles. The van der Waals surface area contributed by atoms with Gasteiger partial charge in [-0.05, 0) is 35.9 Å². The molecule has 0 unspecified atom stereocenters. The maximum absolute atomic E-state index is 13.3. The number of rotatable bonds is 3. The fourth-order valence-electron chi connectivity index (χ4n) is 1.33. The molecule has 0 atom stereocenters. The van der Waals surface area contributed by atoms with Crippen molar-refractivity contribution in [1.29, 1.82) is 0 Å². The first kappa shape index (κ1) is 12.0. The molecule has 2 aromatic rings. The zero-order valence-corrected chi connectivity index (χ0v) is 10.4. The number of ether oxygens (including phenoxy) is 1. The summed E-state index contributed by atoms with van der Waals surface area (Å²) in [5.74, 6) is -0.554. The minimum atomic E-state index is -0.421. The van der Waals surface area contributed by atoms with Gasteiger partial charge in [0.1, 0.15) is 12.4 Å². The Balaban J connectivity index is 2.07. The lowest BCUT2D eigenvalue weighted by molar-refractivity contribution is 0.290. The highest BCUT2D eigenvalue weighted by molar-refractivity contribution is 9.10. The fraction of sp³-hybridized carbons (Fsp3) is 0.0769. The molecule has 17 heavy (non-hydrogen) atoms. The lowest BCUT2D eigenvalue weighted by atomic mass is 10.2. The van der Waals surface area contributed by atoms with Crippen LogP contribution in [-0.2, 0) is 6.61 Å². The summed E-state index contributed by atoms with van der Waals surface area (Å²) in [6.07, 6.45) is 0. The van der Waals surface area contributed by atoms with Crippen molar-refractivity contribution in [3.8, 4) is 5.75 Å². The average Bonchev–Trinajstić information content (AvgIpc) is 2.32. The van der Waals surface area contributed by atoms with Crippen LogP contribution < -0.4 is 4.74 Å². The molecule has 4 heteroatoms. The third-order valence-corrected chi connectivity index (χ3v) is 2.69. The smallest absolute Gasteiger partial charge is 0.165 e. The van der Waals surface area contributed by atoms with Gasteiger partial charge in [-0.1, -0.05) is 28.1 Å². The lowest BCUT2D eigenvalue weighted by Crippen LogP contribution is -1.97. The van der Waals surface area contributed by atoms with Crippen molar-refractivity contribution in [2.45, 2.75) is 6.61 Å². The largest absolute Gasteiger partial charge is 0.486 e. The van der Waals surface area contributed by atoms with Gasteiger partial charge < -0.3 is 4.74 Å². The number of halogens is 3. The molecular weight excluding hydrogens is 290 g/mol. The van der Waals surface area contributed by atoms with Crippen LogP contribution in [0.2, 0.25) is 0 Å². The molecule has 0 aromatic heterocycles. The van der Waals surface area contributed by atoms with E-state index in [0.29, 0.717) is 0 Å². The molecule has 0 fully saturated rings. The quantitative estimate of drug-likeness (QED) is 0.820. The molecule has 0 aliphatic rings. The van der Waals surface area contributed by atoms with Gasteiger partial charge >= 0.3 is 0 Å². The summed E-state index contributed by atoms with van der Waals surface area (Å²) >= 11 is 3.24. The van der Waals surface area contributed by atoms with E-state index in [1.165, 1.54) is 18.2 Å². The van der Waals surface area contributed by atoms with Crippen LogP contribution in [0.5, 0.6) is 5.75 Å². The summed E-state index contributed by atoms with van der Waals surface area (Å²) in [5.41, 5.74) is 0.783. The van der Waals surface area contributed by atoms with Crippen LogP contribution in [0, 0.1) is 11.6 Å². The van der Waals surface area contributed by atoms with Crippen LogP contribution in [0.3, 0.4) is 0 Å². The van der Waals surface area contributed by atoms with Crippen molar-refractivity contribution in [2.75, 3.05) is 0 Å². The molecular formula is C13H9BrF2O. The highest BCUT2D eigenvalue weighted by Gasteiger charge is 2.04. The zero-order valence-electron chi connectivity index (χ0n) is 8.79. The van der Waals surface area contributed by atoms with E-state index in [9.17, 15) is 8.78 Å². The highest BCUT2D eigenvalue weighted by Crippen LogP contribution is 2.23. The van der Waals surface area contributed by atoms with Crippen molar-refractivity contribution in [2.24, 2.45) is 0 Å². The molecule has 0 saturated carbocycles. The van der Waals surface area contributed by atoms with Crippen LogP contribution in [-0.4, -0.2) is 0 Å². The van der Waals surface area contributed by atoms with E-state index in [4.69, 9.17) is 4.74 Å². The maximum atomic E-state index is 13.3. The van der Waals surface area contributed by atoms with E-state index in [-0.39, 0.29) is 18.2 Å². The molecule has 0 bridgehead atoms. The van der Waals surface area contributed by atoms with Gasteiger partial charge in [0.25, 0.3) is 0 Å². The van der Waals surface area contributed by atoms with Gasteiger partial charge in [-0.3, -0.25) is 0 Å². The van der Waals surface area contributed by atoms with Gasteiger partial charge in [-0.25, -0.2) is 8.78 Å². The Morgan fingerprint density at radius 2 is 1.71 bits per heavy atom. The van der Waals surface area contributed by atoms with Crippen LogP contribution in [0.25, 0.3) is 0 Å². The van der Waals surface area contributed by atoms with E-state index in [0.717, 1.165) is 10.0 Å². The van der Waals surface area contributed by atoms with E-state index in [1.807, 2.05) is 0 Å². The monoisotopic (exact) mass is 298 g/mol. The van der Waals surface area contributed by atoms with E-state index in [1.54, 1.807) is 24.3 Å². The van der Waals surface area contributed by atoms with Crippen LogP contribution in [0.1, 0.15) is 5.56 Å². The summed E-state index contributed by atoms with van der Waals surface area (Å²) in [5, 5.41) is 0. The minimum Gasteiger partial charge on any atom is -0.486 e. The molecule has 1 nitrogen and oxygen atoms in total. The number of hydrogen-bond donors (Lipinski definition) is 0. The molecule has 0 aliphatic heterocycles. The Kier molecular flexibility index (Phi) is 3.74. The Labute approximate surface area is 106 Å². The van der Waals surface area contributed by atoms with E-state index in [2.05, 4.69) is 15.9 Å². The molecule has 2 aromatic carbocycles. The number of hydrogen-bond acceptors (Lipinski definition) is 1. The zero-order chi connectivity index (χ0) is 12.3. The highest BCUT2D eigenvalue weighted by atomic mass is 79.9. The lowest BCUT2D eigenvalue weighted by Gasteiger charge is -2.07. The van der Waals surface area contributed by atoms with Crippen molar-refractivity contribution in [3.63, 3.8) is 0 Å². The van der Waals surface area contributed by atoms with Crippen molar-refractivity contribution in [1.82, 2.24) is 0 Å². The molecule has 0 amide bonds. The fourth-order valence-corrected chi connectivity index (χ4v) is 1.67. The second kappa shape index (κ2) is 5.27. The molecule has 0 spiro atoms. The van der Waals surface area contributed by atoms with Gasteiger partial charge in [-0.15, -0.1) is 0 Å². The van der Waals surface area contributed by atoms with Gasteiger partial charge in [-0.2, -0.15) is 0 Å². The van der Waals surface area contributed by atoms with E-state index < -0.39 is 5.82 Å². The summed E-state index contributed by atoms with van der Waals surface area (Å²) in [6.45, 7) is 0.202. The molecule has 88 valence electrons. The van der Waals surface area contributed by atoms with Crippen molar-refractivity contribution < 1.29 is 13.5 Å². The van der Waals surface area contributed by atoms with E-state index >= 15 is 0 Å². The Morgan fingerprint density at radius 1 is 1.00 bits per heavy atom. The summed E-state index contributed by atoms with van der Waals surface area (Å²) < 4.78 is 32.1. The van der Waals surface area contributed by atoms with Crippen LogP contribution in [0.15, 0.2) is 46.9 Å². The number of benzene rings is 2. The van der Waals surface area contributed by atoms with Gasteiger partial charge in [0.2, 0.25) is 0 Å². The molecule has 0 radical (unpaired) electrons. The molecule has 0 aliphatic carbocycles. The third-order valence-electron chi connectivity index (χ3n) is 2.20. The van der Waals surface area contributed by atoms with Gasteiger partial charge in [0, 0.05) is 4.47 Å². The summed E-state index contributed by atoms with van der Waals surface area (Å²) in [6, 6.07) is 10.4. The maximum Gasteiger partial charge on any atom is 0.165 e. The topological polar surface area (TPSA) is 9.23 Å². The molecule has 2 rings (SSSR count). The van der Waals surface area contributed by atoms with Crippen molar-refractivity contribution in [3.05, 3.63) is 64.1 Å². The standard InChI is InChI=1S/C13H9BrF2O/c14-10-3-6-12(16)13(7-10)17-8-9-1-4-11(15)5-2-9/h1-7H,8H2. The third kappa shape index (κ3) is 3.27. The Bertz CT molecular complexity index is 511. The predicted octanol–water partition coefficient (Wildman–Crippen LogP) is 4.31. The second-order valence-corrected chi connectivity index (χ2v) is 4.41. The van der Waals surface area contributed by atoms with Gasteiger partial charge in [0.15, 0.2) is 11.6 Å². The van der Waals surface area contributed by atoms with Crippen LogP contribution >= 0.6 is 15.9 Å². The molecule has 0 saturated heterocycles. The van der Waals surface area contributed by atoms with Crippen molar-refractivity contribution >= 4 is 15.9 Å². The first-order valence-corrected chi connectivity index (χ1v) is 5.77. The predicted molar refractivity (Wildman–Crippen MR) is 64.8 cm³/mol. The normalized spacial score (nSPS) is 10.3. The molecule has 0 N–H and O–H groups in total. The average molecular weight is 299 g/mol. The Morgan fingerprint density at radius 3 is 2.41 bits per heavy atom. The van der Waals surface area contributed by atoms with Gasteiger partial charge in [0.05, 0.1) is 0 Å². The Hall–Kier alpha value is -1.42. The minimum absolute atomic E-state index is 0.170. The summed E-state index contributed by atoms with van der Waals surface area (Å²) in [4.78, 5) is 0.